The highest BCUT2D eigenvalue weighted by Gasteiger charge is 2.18. The molecule has 4 aromatic rings. The van der Waals surface area contributed by atoms with Gasteiger partial charge < -0.3 is 25.8 Å². The van der Waals surface area contributed by atoms with Crippen LogP contribution in [0.5, 0.6) is 0 Å². The van der Waals surface area contributed by atoms with Crippen LogP contribution in [-0.4, -0.2) is 61.0 Å². The van der Waals surface area contributed by atoms with Gasteiger partial charge in [0.1, 0.15) is 22.9 Å². The first-order valence-corrected chi connectivity index (χ1v) is 18.8. The first-order chi connectivity index (χ1) is 27.0. The van der Waals surface area contributed by atoms with Crippen LogP contribution in [0.4, 0.5) is 29.7 Å². The molecule has 2 aromatic heterocycles. The van der Waals surface area contributed by atoms with Crippen LogP contribution in [0.25, 0.3) is 0 Å². The van der Waals surface area contributed by atoms with Crippen molar-refractivity contribution in [2.45, 2.75) is 106 Å². The molecular formula is C42H56F2N8O6. The van der Waals surface area contributed by atoms with E-state index in [-0.39, 0.29) is 37.7 Å². The summed E-state index contributed by atoms with van der Waals surface area (Å²) >= 11 is 0. The van der Waals surface area contributed by atoms with Crippen molar-refractivity contribution in [3.63, 3.8) is 0 Å². The molecule has 0 saturated heterocycles. The van der Waals surface area contributed by atoms with Crippen LogP contribution >= 0.6 is 0 Å². The minimum atomic E-state index is -0.615. The number of rotatable bonds is 13. The fourth-order valence-electron chi connectivity index (χ4n) is 5.60. The first kappa shape index (κ1) is 46.3. The molecule has 4 rings (SSSR count). The van der Waals surface area contributed by atoms with Gasteiger partial charge in [-0.1, -0.05) is 24.3 Å². The highest BCUT2D eigenvalue weighted by atomic mass is 19.1. The van der Waals surface area contributed by atoms with E-state index < -0.39 is 34.1 Å². The maximum absolute atomic E-state index is 14.3. The number of aryl methyl sites for hydroxylation is 2. The Bertz CT molecular complexity index is 2090. The molecule has 0 unspecified atom stereocenters. The van der Waals surface area contributed by atoms with Crippen molar-refractivity contribution in [3.05, 3.63) is 127 Å². The second-order valence-corrected chi connectivity index (χ2v) is 15.7. The number of nitro groups is 1. The van der Waals surface area contributed by atoms with Gasteiger partial charge in [-0.25, -0.2) is 18.4 Å². The summed E-state index contributed by atoms with van der Waals surface area (Å²) < 4.78 is 42.0. The molecule has 0 spiro atoms. The number of alkyl carbamates (subject to hydrolysis) is 2. The number of nitrogens with zero attached hydrogens (tertiary/aromatic N) is 5. The third-order valence-corrected chi connectivity index (χ3v) is 8.49. The molecule has 0 atom stereocenters. The molecule has 58 heavy (non-hydrogen) atoms. The minimum Gasteiger partial charge on any atom is -0.444 e. The van der Waals surface area contributed by atoms with E-state index in [0.29, 0.717) is 12.8 Å². The summed E-state index contributed by atoms with van der Waals surface area (Å²) in [6.07, 6.45) is 2.66. The lowest BCUT2D eigenvalue weighted by molar-refractivity contribution is -0.384. The average Bonchev–Trinajstić information content (AvgIpc) is 3.51. The number of anilines is 1. The van der Waals surface area contributed by atoms with Crippen LogP contribution in [0.2, 0.25) is 0 Å². The lowest BCUT2D eigenvalue weighted by atomic mass is 10.0. The molecule has 0 fully saturated rings. The van der Waals surface area contributed by atoms with Gasteiger partial charge in [0.25, 0.3) is 5.69 Å². The topological polar surface area (TPSA) is 181 Å². The van der Waals surface area contributed by atoms with Crippen LogP contribution in [0.3, 0.4) is 0 Å². The number of carbonyl (C=O) groups is 2. The van der Waals surface area contributed by atoms with Gasteiger partial charge in [-0.2, -0.15) is 10.2 Å². The van der Waals surface area contributed by atoms with Crippen LogP contribution in [0.1, 0.15) is 86.6 Å². The summed E-state index contributed by atoms with van der Waals surface area (Å²) in [5.74, 6) is -0.806. The van der Waals surface area contributed by atoms with Crippen molar-refractivity contribution in [3.8, 4) is 0 Å². The number of halogens is 2. The number of nitrogen functional groups attached to an aromatic ring is 1. The Morgan fingerprint density at radius 1 is 0.724 bits per heavy atom. The third-order valence-electron chi connectivity index (χ3n) is 8.49. The number of aromatic nitrogens is 4. The summed E-state index contributed by atoms with van der Waals surface area (Å²) in [7, 11) is 0. The molecule has 0 aliphatic rings. The smallest absolute Gasteiger partial charge is 0.407 e. The summed E-state index contributed by atoms with van der Waals surface area (Å²) in [5.41, 5.74) is 12.7. The van der Waals surface area contributed by atoms with E-state index in [2.05, 4.69) is 20.8 Å². The number of hydrogen-bond acceptors (Lipinski definition) is 9. The molecule has 14 nitrogen and oxygen atoms in total. The third kappa shape index (κ3) is 15.5. The van der Waals surface area contributed by atoms with Gasteiger partial charge in [-0.15, -0.1) is 0 Å². The number of carbonyl (C=O) groups excluding carboxylic acids is 2. The standard InChI is InChI=1S/C21H27FN4O4.C21H29FN4O2/c1-14-19(12-16-6-8-18(9-7-16)26(28)29)15(2)25(24-14)13-17(22)10-11-23-20(27)30-21(3,4)5;1-14-19(12-16-6-8-18(23)9-7-16)15(2)26(25-14)13-17(22)10-11-24-20(27)28-21(3,4)5/h6-10H,11-13H2,1-5H3,(H,23,27);6-10H,11-13,23H2,1-5H3,(H,24,27)/b2*17-10-. The first-order valence-electron chi connectivity index (χ1n) is 18.8. The lowest BCUT2D eigenvalue weighted by Gasteiger charge is -2.19. The molecular weight excluding hydrogens is 751 g/mol. The predicted octanol–water partition coefficient (Wildman–Crippen LogP) is 8.43. The second kappa shape index (κ2) is 20.4. The van der Waals surface area contributed by atoms with Crippen LogP contribution in [0.15, 0.2) is 72.3 Å². The number of nitrogens with one attached hydrogen (secondary N) is 2. The summed E-state index contributed by atoms with van der Waals surface area (Å²) in [5, 5.41) is 24.6. The van der Waals surface area contributed by atoms with Gasteiger partial charge in [-0.05, 0) is 105 Å². The highest BCUT2D eigenvalue weighted by Crippen LogP contribution is 2.22. The number of non-ortho nitro benzene ring substituents is 1. The highest BCUT2D eigenvalue weighted by molar-refractivity contribution is 5.68. The molecule has 0 bridgehead atoms. The average molecular weight is 807 g/mol. The molecule has 2 amide bonds. The quantitative estimate of drug-likeness (QED) is 0.0679. The van der Waals surface area contributed by atoms with E-state index in [9.17, 15) is 28.5 Å². The van der Waals surface area contributed by atoms with E-state index in [0.717, 1.165) is 50.7 Å². The largest absolute Gasteiger partial charge is 0.444 e. The van der Waals surface area contributed by atoms with E-state index in [4.69, 9.17) is 15.2 Å². The van der Waals surface area contributed by atoms with E-state index >= 15 is 0 Å². The summed E-state index contributed by atoms with van der Waals surface area (Å²) in [4.78, 5) is 33.5. The van der Waals surface area contributed by atoms with E-state index in [1.807, 2.05) is 52.0 Å². The van der Waals surface area contributed by atoms with Gasteiger partial charge in [0.15, 0.2) is 0 Å². The number of allylic oxidation sites excluding steroid dienone is 2. The monoisotopic (exact) mass is 806 g/mol. The number of ether oxygens (including phenoxy) is 2. The van der Waals surface area contributed by atoms with Crippen molar-refractivity contribution >= 4 is 23.6 Å². The Morgan fingerprint density at radius 2 is 1.09 bits per heavy atom. The molecule has 2 heterocycles. The van der Waals surface area contributed by atoms with Crippen LogP contribution < -0.4 is 16.4 Å². The molecule has 4 N–H and O–H groups in total. The second-order valence-electron chi connectivity index (χ2n) is 15.7. The normalized spacial score (nSPS) is 12.1. The fourth-order valence-corrected chi connectivity index (χ4v) is 5.60. The Balaban J connectivity index is 0.000000311. The molecule has 0 aliphatic heterocycles. The number of nitrogens with two attached hydrogens (primary N) is 1. The van der Waals surface area contributed by atoms with Gasteiger partial charge in [0.2, 0.25) is 0 Å². The van der Waals surface area contributed by atoms with Crippen LogP contribution in [0, 0.1) is 37.8 Å². The molecule has 16 heteroatoms. The van der Waals surface area contributed by atoms with Crippen molar-refractivity contribution in [1.82, 2.24) is 30.2 Å². The van der Waals surface area contributed by atoms with Gasteiger partial charge >= 0.3 is 12.2 Å². The fraction of sp³-hybridized carbons (Fsp3) is 0.429. The van der Waals surface area contributed by atoms with Crippen molar-refractivity contribution < 1.29 is 32.8 Å². The van der Waals surface area contributed by atoms with E-state index in [1.165, 1.54) is 24.3 Å². The van der Waals surface area contributed by atoms with Crippen molar-refractivity contribution in [1.29, 1.82) is 0 Å². The number of benzene rings is 2. The molecule has 0 saturated carbocycles. The summed E-state index contributed by atoms with van der Waals surface area (Å²) in [6.45, 7) is 18.1. The van der Waals surface area contributed by atoms with E-state index in [1.54, 1.807) is 63.0 Å². The summed E-state index contributed by atoms with van der Waals surface area (Å²) in [6, 6.07) is 14.0. The van der Waals surface area contributed by atoms with Crippen molar-refractivity contribution in [2.24, 2.45) is 0 Å². The Kier molecular flexibility index (Phi) is 16.3. The Labute approximate surface area is 338 Å². The number of nitro benzene ring substituents is 1. The Hall–Kier alpha value is -6.06. The SMILES string of the molecule is Cc1nn(C/C(F)=C/CNC(=O)OC(C)(C)C)c(C)c1Cc1ccc(N)cc1.Cc1nn(C/C(F)=C/CNC(=O)OC(C)(C)C)c(C)c1Cc1ccc([N+](=O)[O-])cc1. The van der Waals surface area contributed by atoms with Crippen LogP contribution in [-0.2, 0) is 35.4 Å². The predicted molar refractivity (Wildman–Crippen MR) is 220 cm³/mol. The maximum atomic E-state index is 14.3. The number of hydrogen-bond donors (Lipinski definition) is 3. The zero-order valence-corrected chi connectivity index (χ0v) is 35.0. The molecule has 314 valence electrons. The van der Waals surface area contributed by atoms with Crippen molar-refractivity contribution in [2.75, 3.05) is 18.8 Å². The number of amides is 2. The zero-order chi connectivity index (χ0) is 43.4. The zero-order valence-electron chi connectivity index (χ0n) is 35.0. The van der Waals surface area contributed by atoms with Gasteiger partial charge in [0.05, 0.1) is 29.4 Å². The molecule has 0 aliphatic carbocycles. The molecule has 2 aromatic carbocycles. The molecule has 0 radical (unpaired) electrons. The maximum Gasteiger partial charge on any atom is 0.407 e. The van der Waals surface area contributed by atoms with Gasteiger partial charge in [0, 0.05) is 66.3 Å². The lowest BCUT2D eigenvalue weighted by Crippen LogP contribution is -2.32. The van der Waals surface area contributed by atoms with Gasteiger partial charge in [-0.3, -0.25) is 19.5 Å². The Morgan fingerprint density at radius 3 is 1.43 bits per heavy atom. The minimum absolute atomic E-state index is 0.00962.